The Kier molecular flexibility index (Phi) is 2.34. The first-order chi connectivity index (χ1) is 5.27. The third-order valence-corrected chi connectivity index (χ3v) is 3.99. The molecule has 12 heavy (non-hydrogen) atoms. The Bertz CT molecular complexity index is 206. The molecule has 0 heterocycles. The van der Waals surface area contributed by atoms with Crippen LogP contribution in [0.1, 0.15) is 40.5 Å². The van der Waals surface area contributed by atoms with Crippen molar-refractivity contribution >= 4 is 17.1 Å². The molecule has 0 bridgehead atoms. The van der Waals surface area contributed by atoms with E-state index in [0.29, 0.717) is 0 Å². The summed E-state index contributed by atoms with van der Waals surface area (Å²) in [5.41, 5.74) is 6.46. The highest BCUT2D eigenvalue weighted by Gasteiger charge is 2.41. The molecule has 1 fully saturated rings. The molecule has 0 aromatic rings. The van der Waals surface area contributed by atoms with E-state index in [-0.39, 0.29) is 16.9 Å². The highest BCUT2D eigenvalue weighted by atomic mass is 32.1. The van der Waals surface area contributed by atoms with Crippen LogP contribution in [-0.2, 0) is 0 Å². The van der Waals surface area contributed by atoms with Gasteiger partial charge in [-0.15, -0.1) is 0 Å². The maximum Gasteiger partial charge on any atom is 0.0416 e. The molecule has 0 aromatic heterocycles. The van der Waals surface area contributed by atoms with Crippen molar-refractivity contribution in [1.29, 1.82) is 0 Å². The van der Waals surface area contributed by atoms with Gasteiger partial charge in [-0.05, 0) is 23.7 Å². The minimum Gasteiger partial charge on any atom is -0.323 e. The van der Waals surface area contributed by atoms with E-state index < -0.39 is 0 Å². The average molecular weight is 185 g/mol. The van der Waals surface area contributed by atoms with Gasteiger partial charge >= 0.3 is 0 Å². The molecule has 70 valence electrons. The second-order valence-corrected chi connectivity index (χ2v) is 5.65. The van der Waals surface area contributed by atoms with Crippen molar-refractivity contribution in [1.82, 2.24) is 0 Å². The summed E-state index contributed by atoms with van der Waals surface area (Å²) in [5, 5.41) is 0. The van der Waals surface area contributed by atoms with Crippen LogP contribution >= 0.6 is 12.2 Å². The Morgan fingerprint density at radius 2 is 1.75 bits per heavy atom. The molecule has 0 spiro atoms. The lowest BCUT2D eigenvalue weighted by atomic mass is 9.64. The smallest absolute Gasteiger partial charge is 0.0416 e. The van der Waals surface area contributed by atoms with E-state index in [9.17, 15) is 0 Å². The minimum atomic E-state index is 0.0937. The first kappa shape index (κ1) is 10.1. The topological polar surface area (TPSA) is 26.0 Å². The highest BCUT2D eigenvalue weighted by Crippen LogP contribution is 2.42. The van der Waals surface area contributed by atoms with E-state index >= 15 is 0 Å². The molecular weight excluding hydrogens is 166 g/mol. The van der Waals surface area contributed by atoms with Gasteiger partial charge in [-0.25, -0.2) is 0 Å². The van der Waals surface area contributed by atoms with Crippen LogP contribution in [0.25, 0.3) is 0 Å². The Labute approximate surface area is 80.7 Å². The van der Waals surface area contributed by atoms with Gasteiger partial charge in [-0.2, -0.15) is 0 Å². The maximum absolute atomic E-state index is 6.09. The SMILES string of the molecule is CC1(C)CCC(C)(C)C(N)C1=S. The number of rotatable bonds is 0. The first-order valence-electron chi connectivity index (χ1n) is 4.57. The summed E-state index contributed by atoms with van der Waals surface area (Å²) in [6.45, 7) is 8.81. The van der Waals surface area contributed by atoms with Crippen LogP contribution in [0.15, 0.2) is 0 Å². The maximum atomic E-state index is 6.09. The van der Waals surface area contributed by atoms with Crippen molar-refractivity contribution < 1.29 is 0 Å². The Morgan fingerprint density at radius 1 is 1.25 bits per heavy atom. The summed E-state index contributed by atoms with van der Waals surface area (Å²) >= 11 is 5.39. The summed E-state index contributed by atoms with van der Waals surface area (Å²) in [6.07, 6.45) is 2.36. The predicted molar refractivity (Wildman–Crippen MR) is 57.4 cm³/mol. The van der Waals surface area contributed by atoms with E-state index in [4.69, 9.17) is 18.0 Å². The van der Waals surface area contributed by atoms with Crippen LogP contribution in [0.5, 0.6) is 0 Å². The zero-order valence-corrected chi connectivity index (χ0v) is 9.29. The van der Waals surface area contributed by atoms with Gasteiger partial charge in [0.05, 0.1) is 0 Å². The van der Waals surface area contributed by atoms with Crippen molar-refractivity contribution in [2.75, 3.05) is 0 Å². The van der Waals surface area contributed by atoms with E-state index in [0.717, 1.165) is 4.86 Å². The van der Waals surface area contributed by atoms with Crippen LogP contribution < -0.4 is 5.73 Å². The summed E-state index contributed by atoms with van der Waals surface area (Å²) in [6, 6.07) is 0.0937. The molecule has 1 rings (SSSR count). The zero-order valence-electron chi connectivity index (χ0n) is 8.48. The molecule has 0 aromatic carbocycles. The van der Waals surface area contributed by atoms with Crippen LogP contribution in [0.2, 0.25) is 0 Å². The van der Waals surface area contributed by atoms with Crippen LogP contribution in [0, 0.1) is 10.8 Å². The largest absolute Gasteiger partial charge is 0.323 e. The Balaban J connectivity index is 2.88. The lowest BCUT2D eigenvalue weighted by Gasteiger charge is -2.44. The van der Waals surface area contributed by atoms with Crippen molar-refractivity contribution in [3.8, 4) is 0 Å². The standard InChI is InChI=1S/C10H19NS/c1-9(2)5-6-10(3,4)8(12)7(9)11/h7H,5-6,11H2,1-4H3. The van der Waals surface area contributed by atoms with E-state index in [2.05, 4.69) is 27.7 Å². The monoisotopic (exact) mass is 185 g/mol. The molecule has 0 radical (unpaired) electrons. The number of thiocarbonyl (C=S) groups is 1. The molecule has 0 amide bonds. The molecular formula is C10H19NS. The van der Waals surface area contributed by atoms with Gasteiger partial charge in [-0.3, -0.25) is 0 Å². The zero-order chi connectivity index (χ0) is 9.57. The summed E-state index contributed by atoms with van der Waals surface area (Å²) < 4.78 is 0. The lowest BCUT2D eigenvalue weighted by molar-refractivity contribution is 0.226. The second kappa shape index (κ2) is 2.78. The number of nitrogens with two attached hydrogens (primary N) is 1. The fourth-order valence-corrected chi connectivity index (χ4v) is 2.11. The van der Waals surface area contributed by atoms with Gasteiger partial charge in [0.2, 0.25) is 0 Å². The summed E-state index contributed by atoms with van der Waals surface area (Å²) in [7, 11) is 0. The van der Waals surface area contributed by atoms with Crippen LogP contribution in [0.4, 0.5) is 0 Å². The lowest BCUT2D eigenvalue weighted by Crippen LogP contribution is -2.52. The van der Waals surface area contributed by atoms with Gasteiger partial charge in [0, 0.05) is 10.9 Å². The molecule has 0 aliphatic heterocycles. The normalized spacial score (nSPS) is 33.4. The van der Waals surface area contributed by atoms with Crippen LogP contribution in [0.3, 0.4) is 0 Å². The molecule has 1 aliphatic carbocycles. The van der Waals surface area contributed by atoms with Crippen LogP contribution in [-0.4, -0.2) is 10.9 Å². The fraction of sp³-hybridized carbons (Fsp3) is 0.900. The average Bonchev–Trinajstić information content (AvgIpc) is 1.96. The van der Waals surface area contributed by atoms with Gasteiger partial charge in [-0.1, -0.05) is 39.9 Å². The summed E-state index contributed by atoms with van der Waals surface area (Å²) in [5.74, 6) is 0. The first-order valence-corrected chi connectivity index (χ1v) is 4.98. The molecule has 1 unspecified atom stereocenters. The molecule has 0 saturated heterocycles. The third kappa shape index (κ3) is 1.55. The molecule has 1 saturated carbocycles. The van der Waals surface area contributed by atoms with E-state index in [1.807, 2.05) is 0 Å². The molecule has 1 atom stereocenters. The van der Waals surface area contributed by atoms with Gasteiger partial charge < -0.3 is 5.73 Å². The number of hydrogen-bond donors (Lipinski definition) is 1. The number of hydrogen-bond acceptors (Lipinski definition) is 2. The predicted octanol–water partition coefficient (Wildman–Crippen LogP) is 2.53. The van der Waals surface area contributed by atoms with Gasteiger partial charge in [0.25, 0.3) is 0 Å². The Hall–Kier alpha value is 0.0500. The molecule has 1 nitrogen and oxygen atoms in total. The highest BCUT2D eigenvalue weighted by molar-refractivity contribution is 7.80. The second-order valence-electron chi connectivity index (χ2n) is 5.21. The van der Waals surface area contributed by atoms with Crippen molar-refractivity contribution in [2.45, 2.75) is 46.6 Å². The molecule has 2 N–H and O–H groups in total. The summed E-state index contributed by atoms with van der Waals surface area (Å²) in [4.78, 5) is 1.05. The Morgan fingerprint density at radius 3 is 2.17 bits per heavy atom. The van der Waals surface area contributed by atoms with Crippen molar-refractivity contribution in [2.24, 2.45) is 16.6 Å². The minimum absolute atomic E-state index is 0.0937. The van der Waals surface area contributed by atoms with Crippen molar-refractivity contribution in [3.05, 3.63) is 0 Å². The molecule has 2 heteroatoms. The van der Waals surface area contributed by atoms with Gasteiger partial charge in [0.1, 0.15) is 0 Å². The third-order valence-electron chi connectivity index (χ3n) is 3.19. The quantitative estimate of drug-likeness (QED) is 0.587. The van der Waals surface area contributed by atoms with E-state index in [1.165, 1.54) is 12.8 Å². The van der Waals surface area contributed by atoms with E-state index in [1.54, 1.807) is 0 Å². The van der Waals surface area contributed by atoms with Crippen molar-refractivity contribution in [3.63, 3.8) is 0 Å². The molecule has 1 aliphatic rings. The fourth-order valence-electron chi connectivity index (χ4n) is 1.69. The van der Waals surface area contributed by atoms with Gasteiger partial charge in [0.15, 0.2) is 0 Å².